The van der Waals surface area contributed by atoms with Gasteiger partial charge in [-0.25, -0.2) is 4.39 Å². The van der Waals surface area contributed by atoms with E-state index >= 15 is 0 Å². The van der Waals surface area contributed by atoms with Crippen molar-refractivity contribution in [2.45, 2.75) is 38.5 Å². The number of rotatable bonds is 2. The van der Waals surface area contributed by atoms with Gasteiger partial charge in [-0.15, -0.1) is 0 Å². The number of benzene rings is 2. The number of carbonyl (C=O) groups excluding carboxylic acids is 1. The van der Waals surface area contributed by atoms with Gasteiger partial charge in [0.2, 0.25) is 5.91 Å². The first kappa shape index (κ1) is 20.9. The van der Waals surface area contributed by atoms with Gasteiger partial charge in [-0.1, -0.05) is 12.1 Å². The second kappa shape index (κ2) is 7.84. The Labute approximate surface area is 189 Å². The van der Waals surface area contributed by atoms with Crippen LogP contribution in [0.2, 0.25) is 0 Å². The predicted octanol–water partition coefficient (Wildman–Crippen LogP) is 2.84. The molecule has 1 aliphatic heterocycles. The van der Waals surface area contributed by atoms with Gasteiger partial charge in [0, 0.05) is 49.7 Å². The molecule has 3 aromatic rings. The van der Waals surface area contributed by atoms with Crippen molar-refractivity contribution in [3.05, 3.63) is 75.7 Å². The Morgan fingerprint density at radius 3 is 2.76 bits per heavy atom. The Morgan fingerprint density at radius 2 is 2.03 bits per heavy atom. The summed E-state index contributed by atoms with van der Waals surface area (Å²) in [6.07, 6.45) is -0.114. The maximum Gasteiger partial charge on any atom is 0.219 e. The number of aliphatic hydroxyl groups is 1. The Hall–Kier alpha value is -4.01. The zero-order valence-corrected chi connectivity index (χ0v) is 17.9. The molecule has 0 fully saturated rings. The van der Waals surface area contributed by atoms with Gasteiger partial charge in [-0.3, -0.25) is 9.48 Å². The minimum atomic E-state index is -0.873. The monoisotopic (exact) mass is 441 g/mol. The Morgan fingerprint density at radius 1 is 1.21 bits per heavy atom. The summed E-state index contributed by atoms with van der Waals surface area (Å²) >= 11 is 0. The number of amides is 1. The van der Waals surface area contributed by atoms with Crippen LogP contribution in [-0.4, -0.2) is 38.3 Å². The lowest BCUT2D eigenvalue weighted by molar-refractivity contribution is -0.129. The number of hydrogen-bond acceptors (Lipinski definition) is 5. The number of carbonyl (C=O) groups is 1. The van der Waals surface area contributed by atoms with E-state index in [0.717, 1.165) is 16.8 Å². The fraction of sp³-hybridized carbons (Fsp3) is 0.280. The first-order valence-corrected chi connectivity index (χ1v) is 10.7. The van der Waals surface area contributed by atoms with Crippen LogP contribution in [0.15, 0.2) is 36.4 Å². The fourth-order valence-corrected chi connectivity index (χ4v) is 4.98. The molecule has 1 aliphatic carbocycles. The van der Waals surface area contributed by atoms with Crippen molar-refractivity contribution in [2.75, 3.05) is 6.54 Å². The zero-order chi connectivity index (χ0) is 23.3. The first-order valence-electron chi connectivity index (χ1n) is 10.7. The molecule has 2 unspecified atom stereocenters. The predicted molar refractivity (Wildman–Crippen MR) is 116 cm³/mol. The Balaban J connectivity index is 1.71. The van der Waals surface area contributed by atoms with E-state index in [9.17, 15) is 24.8 Å². The molecule has 164 valence electrons. The molecule has 0 spiro atoms. The average Bonchev–Trinajstić information content (AvgIpc) is 3.34. The van der Waals surface area contributed by atoms with E-state index in [2.05, 4.69) is 6.07 Å². The van der Waals surface area contributed by atoms with Crippen LogP contribution < -0.4 is 0 Å². The highest BCUT2D eigenvalue weighted by Crippen LogP contribution is 2.40. The van der Waals surface area contributed by atoms with Crippen molar-refractivity contribution < 1.29 is 14.3 Å². The molecule has 0 radical (unpaired) electrons. The van der Waals surface area contributed by atoms with Crippen molar-refractivity contribution in [3.63, 3.8) is 0 Å². The number of hydrogen-bond donors (Lipinski definition) is 1. The van der Waals surface area contributed by atoms with Crippen LogP contribution in [0.1, 0.15) is 46.5 Å². The van der Waals surface area contributed by atoms with E-state index in [0.29, 0.717) is 41.9 Å². The summed E-state index contributed by atoms with van der Waals surface area (Å²) in [5.74, 6) is -0.577. The van der Waals surface area contributed by atoms with E-state index in [1.54, 1.807) is 27.8 Å². The SMILES string of the molecule is CC(=O)N1CCc2c(c(-c3cccc(C#N)c3)nn2C2c3cc(F)cc(C#N)c3CC2O)C1. The average molecular weight is 441 g/mol. The van der Waals surface area contributed by atoms with Crippen molar-refractivity contribution in [1.82, 2.24) is 14.7 Å². The van der Waals surface area contributed by atoms with E-state index in [1.165, 1.54) is 19.1 Å². The molecule has 2 heterocycles. The van der Waals surface area contributed by atoms with Crippen molar-refractivity contribution in [1.29, 1.82) is 10.5 Å². The summed E-state index contributed by atoms with van der Waals surface area (Å²) < 4.78 is 16.1. The summed E-state index contributed by atoms with van der Waals surface area (Å²) in [5.41, 5.74) is 4.98. The number of fused-ring (bicyclic) bond motifs is 2. The van der Waals surface area contributed by atoms with E-state index in [4.69, 9.17) is 5.10 Å². The number of nitriles is 2. The number of aliphatic hydroxyl groups excluding tert-OH is 1. The van der Waals surface area contributed by atoms with Crippen molar-refractivity contribution in [3.8, 4) is 23.4 Å². The minimum Gasteiger partial charge on any atom is -0.390 e. The smallest absolute Gasteiger partial charge is 0.219 e. The van der Waals surface area contributed by atoms with Gasteiger partial charge < -0.3 is 10.0 Å². The molecule has 0 bridgehead atoms. The second-order valence-corrected chi connectivity index (χ2v) is 8.45. The lowest BCUT2D eigenvalue weighted by atomic mass is 9.99. The summed E-state index contributed by atoms with van der Waals surface area (Å²) in [6, 6.07) is 13.2. The number of nitrogens with zero attached hydrogens (tertiary/aromatic N) is 5. The van der Waals surface area contributed by atoms with Crippen LogP contribution in [0, 0.1) is 28.5 Å². The molecule has 1 aromatic heterocycles. The summed E-state index contributed by atoms with van der Waals surface area (Å²) in [6.45, 7) is 2.39. The molecule has 2 aromatic carbocycles. The van der Waals surface area contributed by atoms with Crippen LogP contribution in [0.5, 0.6) is 0 Å². The molecule has 2 aliphatic rings. The Bertz CT molecular complexity index is 1380. The van der Waals surface area contributed by atoms with Gasteiger partial charge in [0.25, 0.3) is 0 Å². The molecular weight excluding hydrogens is 421 g/mol. The van der Waals surface area contributed by atoms with Crippen LogP contribution >= 0.6 is 0 Å². The standard InChI is InChI=1S/C25H20FN5O2/c1-14(32)30-6-5-22-21(13-30)24(16-4-2-3-15(7-16)11-27)29-31(22)25-20-9-18(26)8-17(12-28)19(20)10-23(25)33/h2-4,7-9,23,25,33H,5-6,10,13H2,1H3. The third kappa shape index (κ3) is 3.36. The van der Waals surface area contributed by atoms with Crippen LogP contribution in [0.3, 0.4) is 0 Å². The molecule has 0 saturated heterocycles. The van der Waals surface area contributed by atoms with Crippen LogP contribution in [0.4, 0.5) is 4.39 Å². The number of halogens is 1. The highest BCUT2D eigenvalue weighted by Gasteiger charge is 2.39. The van der Waals surface area contributed by atoms with E-state index < -0.39 is 18.0 Å². The molecule has 8 heteroatoms. The van der Waals surface area contributed by atoms with Gasteiger partial charge >= 0.3 is 0 Å². The van der Waals surface area contributed by atoms with Gasteiger partial charge in [-0.2, -0.15) is 15.6 Å². The van der Waals surface area contributed by atoms with Gasteiger partial charge in [0.1, 0.15) is 11.9 Å². The molecule has 7 nitrogen and oxygen atoms in total. The minimum absolute atomic E-state index is 0.0443. The second-order valence-electron chi connectivity index (χ2n) is 8.45. The molecule has 33 heavy (non-hydrogen) atoms. The maximum atomic E-state index is 14.3. The molecule has 2 atom stereocenters. The molecule has 1 amide bonds. The largest absolute Gasteiger partial charge is 0.390 e. The quantitative estimate of drug-likeness (QED) is 0.658. The molecular formula is C25H20FN5O2. The molecule has 5 rings (SSSR count). The van der Waals surface area contributed by atoms with Gasteiger partial charge in [0.15, 0.2) is 0 Å². The summed E-state index contributed by atoms with van der Waals surface area (Å²) in [4.78, 5) is 13.8. The fourth-order valence-electron chi connectivity index (χ4n) is 4.98. The van der Waals surface area contributed by atoms with E-state index in [1.807, 2.05) is 12.1 Å². The summed E-state index contributed by atoms with van der Waals surface area (Å²) in [5, 5.41) is 34.6. The highest BCUT2D eigenvalue weighted by atomic mass is 19.1. The third-order valence-electron chi connectivity index (χ3n) is 6.53. The zero-order valence-electron chi connectivity index (χ0n) is 17.9. The van der Waals surface area contributed by atoms with Crippen molar-refractivity contribution >= 4 is 5.91 Å². The summed E-state index contributed by atoms with van der Waals surface area (Å²) in [7, 11) is 0. The lowest BCUT2D eigenvalue weighted by Gasteiger charge is -2.28. The third-order valence-corrected chi connectivity index (χ3v) is 6.53. The Kier molecular flexibility index (Phi) is 4.96. The molecule has 1 N–H and O–H groups in total. The van der Waals surface area contributed by atoms with Gasteiger partial charge in [0.05, 0.1) is 35.1 Å². The van der Waals surface area contributed by atoms with Crippen LogP contribution in [-0.2, 0) is 24.2 Å². The topological polar surface area (TPSA) is 106 Å². The van der Waals surface area contributed by atoms with Crippen LogP contribution in [0.25, 0.3) is 11.3 Å². The van der Waals surface area contributed by atoms with E-state index in [-0.39, 0.29) is 17.9 Å². The maximum absolute atomic E-state index is 14.3. The first-order chi connectivity index (χ1) is 15.9. The number of aromatic nitrogens is 2. The van der Waals surface area contributed by atoms with Gasteiger partial charge in [-0.05, 0) is 35.4 Å². The van der Waals surface area contributed by atoms with Crippen molar-refractivity contribution in [2.24, 2.45) is 0 Å². The lowest BCUT2D eigenvalue weighted by Crippen LogP contribution is -2.35. The normalized spacial score (nSPS) is 18.9. The highest BCUT2D eigenvalue weighted by molar-refractivity contribution is 5.75. The molecule has 0 saturated carbocycles.